The van der Waals surface area contributed by atoms with Crippen molar-refractivity contribution in [3.63, 3.8) is 0 Å². The molecule has 4 heterocycles. The molecule has 38 heavy (non-hydrogen) atoms. The van der Waals surface area contributed by atoms with Crippen molar-refractivity contribution >= 4 is 11.8 Å². The summed E-state index contributed by atoms with van der Waals surface area (Å²) >= 11 is 0. The molecule has 3 aliphatic rings. The largest absolute Gasteiger partial charge is 0.492 e. The predicted molar refractivity (Wildman–Crippen MR) is 141 cm³/mol. The third kappa shape index (κ3) is 5.49. The normalized spacial score (nSPS) is 22.3. The summed E-state index contributed by atoms with van der Waals surface area (Å²) < 4.78 is 8.23. The van der Waals surface area contributed by atoms with Crippen molar-refractivity contribution in [2.24, 2.45) is 0 Å². The lowest BCUT2D eigenvalue weighted by molar-refractivity contribution is -0.137. The van der Waals surface area contributed by atoms with E-state index in [2.05, 4.69) is 61.6 Å². The van der Waals surface area contributed by atoms with Crippen LogP contribution < -0.4 is 10.1 Å². The van der Waals surface area contributed by atoms with Gasteiger partial charge in [-0.05, 0) is 60.2 Å². The molecule has 0 saturated carbocycles. The van der Waals surface area contributed by atoms with Crippen LogP contribution >= 0.6 is 0 Å². The minimum atomic E-state index is -0.243. The van der Waals surface area contributed by atoms with E-state index in [-0.39, 0.29) is 17.9 Å². The molecule has 2 aromatic carbocycles. The van der Waals surface area contributed by atoms with Gasteiger partial charge in [-0.2, -0.15) is 5.10 Å². The maximum Gasteiger partial charge on any atom is 0.243 e. The molecule has 0 radical (unpaired) electrons. The molecule has 198 valence electrons. The highest BCUT2D eigenvalue weighted by Crippen LogP contribution is 2.30. The second-order valence-electron chi connectivity index (χ2n) is 10.6. The van der Waals surface area contributed by atoms with E-state index in [4.69, 9.17) is 4.74 Å². The quantitative estimate of drug-likeness (QED) is 0.462. The standard InChI is InChI=1S/C29H34N6O3/c36-28-11-10-27(29(37)32-28)34-15-23-8-9-26(13-24(23)16-34)38-18-25-7-3-4-12-33(25)14-21-5-1-2-6-22(21)17-35-20-30-19-31-35/h1-2,5-6,8-9,13,19-20,25,27H,3-4,7,10-12,14-18H2,(H,32,36,37)/t25-,27?/m1/s1. The number of nitrogens with zero attached hydrogens (tertiary/aromatic N) is 5. The van der Waals surface area contributed by atoms with Gasteiger partial charge in [-0.25, -0.2) is 9.67 Å². The Balaban J connectivity index is 1.08. The molecule has 2 atom stereocenters. The molecule has 0 bridgehead atoms. The Hall–Kier alpha value is -3.56. The van der Waals surface area contributed by atoms with Gasteiger partial charge >= 0.3 is 0 Å². The number of ether oxygens (including phenoxy) is 1. The van der Waals surface area contributed by atoms with Crippen LogP contribution in [0.25, 0.3) is 0 Å². The van der Waals surface area contributed by atoms with E-state index in [9.17, 15) is 9.59 Å². The molecule has 9 nitrogen and oxygen atoms in total. The Bertz CT molecular complexity index is 1290. The molecule has 1 unspecified atom stereocenters. The van der Waals surface area contributed by atoms with E-state index in [1.54, 1.807) is 12.7 Å². The fourth-order valence-corrected chi connectivity index (χ4v) is 5.96. The highest BCUT2D eigenvalue weighted by atomic mass is 16.5. The number of benzene rings is 2. The van der Waals surface area contributed by atoms with Gasteiger partial charge in [0.1, 0.15) is 25.0 Å². The van der Waals surface area contributed by atoms with Gasteiger partial charge in [-0.1, -0.05) is 36.8 Å². The minimum absolute atomic E-state index is 0.172. The van der Waals surface area contributed by atoms with Gasteiger partial charge in [0.05, 0.1) is 12.6 Å². The van der Waals surface area contributed by atoms with Crippen molar-refractivity contribution < 1.29 is 14.3 Å². The molecule has 6 rings (SSSR count). The average Bonchev–Trinajstić information content (AvgIpc) is 3.59. The summed E-state index contributed by atoms with van der Waals surface area (Å²) in [4.78, 5) is 32.7. The van der Waals surface area contributed by atoms with E-state index in [0.717, 1.165) is 38.3 Å². The molecule has 2 fully saturated rings. The topological polar surface area (TPSA) is 92.6 Å². The molecule has 2 saturated heterocycles. The smallest absolute Gasteiger partial charge is 0.243 e. The van der Waals surface area contributed by atoms with Crippen LogP contribution in [-0.2, 0) is 35.8 Å². The van der Waals surface area contributed by atoms with Crippen LogP contribution in [0.5, 0.6) is 5.75 Å². The number of fused-ring (bicyclic) bond motifs is 1. The number of carbonyl (C=O) groups is 2. The first-order chi connectivity index (χ1) is 18.6. The van der Waals surface area contributed by atoms with Crippen molar-refractivity contribution in [3.05, 3.63) is 77.4 Å². The van der Waals surface area contributed by atoms with Gasteiger partial charge in [-0.3, -0.25) is 24.7 Å². The monoisotopic (exact) mass is 514 g/mol. The van der Waals surface area contributed by atoms with E-state index in [1.807, 2.05) is 10.7 Å². The van der Waals surface area contributed by atoms with Crippen LogP contribution in [-0.4, -0.2) is 61.6 Å². The minimum Gasteiger partial charge on any atom is -0.492 e. The third-order valence-corrected chi connectivity index (χ3v) is 8.06. The van der Waals surface area contributed by atoms with Gasteiger partial charge in [0, 0.05) is 32.1 Å². The van der Waals surface area contributed by atoms with E-state index >= 15 is 0 Å². The Morgan fingerprint density at radius 2 is 1.82 bits per heavy atom. The Labute approximate surface area is 222 Å². The molecule has 0 spiro atoms. The van der Waals surface area contributed by atoms with Crippen LogP contribution in [0.2, 0.25) is 0 Å². The molecule has 3 aliphatic heterocycles. The summed E-state index contributed by atoms with van der Waals surface area (Å²) in [5, 5.41) is 6.76. The van der Waals surface area contributed by atoms with E-state index < -0.39 is 0 Å². The lowest BCUT2D eigenvalue weighted by Crippen LogP contribution is -2.50. The maximum atomic E-state index is 12.3. The van der Waals surface area contributed by atoms with Crippen molar-refractivity contribution in [3.8, 4) is 5.75 Å². The number of hydrogen-bond donors (Lipinski definition) is 1. The van der Waals surface area contributed by atoms with Crippen molar-refractivity contribution in [1.82, 2.24) is 29.9 Å². The van der Waals surface area contributed by atoms with Crippen LogP contribution in [0, 0.1) is 0 Å². The molecular formula is C29H34N6O3. The number of carbonyl (C=O) groups excluding carboxylic acids is 2. The Morgan fingerprint density at radius 1 is 0.974 bits per heavy atom. The maximum absolute atomic E-state index is 12.3. The number of hydrogen-bond acceptors (Lipinski definition) is 7. The highest BCUT2D eigenvalue weighted by Gasteiger charge is 2.35. The zero-order valence-corrected chi connectivity index (χ0v) is 21.6. The van der Waals surface area contributed by atoms with Gasteiger partial charge in [0.2, 0.25) is 11.8 Å². The first-order valence-electron chi connectivity index (χ1n) is 13.6. The fraction of sp³-hybridized carbons (Fsp3) is 0.448. The Kier molecular flexibility index (Phi) is 7.20. The van der Waals surface area contributed by atoms with E-state index in [0.29, 0.717) is 32.0 Å². The van der Waals surface area contributed by atoms with E-state index in [1.165, 1.54) is 35.1 Å². The van der Waals surface area contributed by atoms with Crippen molar-refractivity contribution in [1.29, 1.82) is 0 Å². The molecule has 1 N–H and O–H groups in total. The van der Waals surface area contributed by atoms with Crippen LogP contribution in [0.1, 0.15) is 54.4 Å². The number of likely N-dealkylation sites (tertiary alicyclic amines) is 1. The van der Waals surface area contributed by atoms with Gasteiger partial charge in [-0.15, -0.1) is 0 Å². The molecule has 1 aromatic heterocycles. The van der Waals surface area contributed by atoms with Crippen LogP contribution in [0.15, 0.2) is 55.1 Å². The number of amides is 2. The lowest BCUT2D eigenvalue weighted by Gasteiger charge is -2.36. The van der Waals surface area contributed by atoms with Crippen molar-refractivity contribution in [2.75, 3.05) is 13.2 Å². The number of imide groups is 1. The lowest BCUT2D eigenvalue weighted by atomic mass is 10.00. The van der Waals surface area contributed by atoms with Crippen molar-refractivity contribution in [2.45, 2.75) is 70.4 Å². The SMILES string of the molecule is O=C1CCC(N2Cc3ccc(OC[C@H]4CCCCN4Cc4ccccc4Cn4cncn4)cc3C2)C(=O)N1. The number of aromatic nitrogens is 3. The zero-order chi connectivity index (χ0) is 25.9. The summed E-state index contributed by atoms with van der Waals surface area (Å²) in [7, 11) is 0. The number of nitrogens with one attached hydrogen (secondary N) is 1. The predicted octanol–water partition coefficient (Wildman–Crippen LogP) is 2.88. The molecule has 2 amide bonds. The Morgan fingerprint density at radius 3 is 2.63 bits per heavy atom. The van der Waals surface area contributed by atoms with Gasteiger partial charge in [0.25, 0.3) is 0 Å². The molecule has 3 aromatic rings. The van der Waals surface area contributed by atoms with Gasteiger partial charge < -0.3 is 4.74 Å². The first kappa shape index (κ1) is 24.8. The van der Waals surface area contributed by atoms with Gasteiger partial charge in [0.15, 0.2) is 0 Å². The highest BCUT2D eigenvalue weighted by molar-refractivity contribution is 6.00. The average molecular weight is 515 g/mol. The second-order valence-corrected chi connectivity index (χ2v) is 10.6. The molecule has 0 aliphatic carbocycles. The second kappa shape index (κ2) is 11.0. The summed E-state index contributed by atoms with van der Waals surface area (Å²) in [6.45, 7) is 4.76. The zero-order valence-electron chi connectivity index (χ0n) is 21.6. The number of piperidine rings is 2. The first-order valence-corrected chi connectivity index (χ1v) is 13.6. The summed E-state index contributed by atoms with van der Waals surface area (Å²) in [5.74, 6) is 0.533. The molecule has 9 heteroatoms. The summed E-state index contributed by atoms with van der Waals surface area (Å²) in [6, 6.07) is 15.0. The summed E-state index contributed by atoms with van der Waals surface area (Å²) in [6.07, 6.45) is 7.87. The van der Waals surface area contributed by atoms with Crippen LogP contribution in [0.3, 0.4) is 0 Å². The number of rotatable bonds is 8. The van der Waals surface area contributed by atoms with Crippen LogP contribution in [0.4, 0.5) is 0 Å². The fourth-order valence-electron chi connectivity index (χ4n) is 5.96. The summed E-state index contributed by atoms with van der Waals surface area (Å²) in [5.41, 5.74) is 5.02. The molecular weight excluding hydrogens is 480 g/mol. The third-order valence-electron chi connectivity index (χ3n) is 8.06.